The number of hydrogen-bond donors (Lipinski definition) is 1. The van der Waals surface area contributed by atoms with Gasteiger partial charge in [-0.15, -0.1) is 0 Å². The fourth-order valence-electron chi connectivity index (χ4n) is 4.32. The standard InChI is InChI=1S/C23H25N3O2/c1-4-25(5-2)20(27)14-26-22(16-10-6-7-11-17(16)23(26)28)21-15(3)24-19-13-9-8-12-18(19)21/h6-13,22,24H,4-5,14H2,1-3H3/t22-/m1/s1. The van der Waals surface area contributed by atoms with Gasteiger partial charge in [0.1, 0.15) is 6.54 Å². The van der Waals surface area contributed by atoms with Crippen LogP contribution in [0.5, 0.6) is 0 Å². The third-order valence-corrected chi connectivity index (χ3v) is 5.70. The fourth-order valence-corrected chi connectivity index (χ4v) is 4.32. The Morgan fingerprint density at radius 3 is 2.50 bits per heavy atom. The smallest absolute Gasteiger partial charge is 0.255 e. The number of aryl methyl sites for hydroxylation is 1. The van der Waals surface area contributed by atoms with Crippen LogP contribution in [0.15, 0.2) is 48.5 Å². The molecule has 0 unspecified atom stereocenters. The van der Waals surface area contributed by atoms with Gasteiger partial charge in [0.25, 0.3) is 5.91 Å². The molecule has 28 heavy (non-hydrogen) atoms. The summed E-state index contributed by atoms with van der Waals surface area (Å²) in [5.41, 5.74) is 4.79. The number of carbonyl (C=O) groups is 2. The number of carbonyl (C=O) groups excluding carboxylic acids is 2. The molecular weight excluding hydrogens is 350 g/mol. The van der Waals surface area contributed by atoms with E-state index in [1.54, 1.807) is 9.80 Å². The van der Waals surface area contributed by atoms with E-state index in [1.807, 2.05) is 63.2 Å². The lowest BCUT2D eigenvalue weighted by Gasteiger charge is -2.28. The molecule has 2 aromatic carbocycles. The molecule has 0 aliphatic carbocycles. The highest BCUT2D eigenvalue weighted by molar-refractivity contribution is 6.02. The van der Waals surface area contributed by atoms with Gasteiger partial charge in [0.2, 0.25) is 5.91 Å². The molecule has 1 aromatic heterocycles. The van der Waals surface area contributed by atoms with Crippen LogP contribution in [0.1, 0.15) is 47.1 Å². The highest BCUT2D eigenvalue weighted by Crippen LogP contribution is 2.42. The highest BCUT2D eigenvalue weighted by Gasteiger charge is 2.40. The number of H-pyrrole nitrogens is 1. The molecule has 0 spiro atoms. The predicted octanol–water partition coefficient (Wildman–Crippen LogP) is 3.89. The van der Waals surface area contributed by atoms with Gasteiger partial charge in [-0.1, -0.05) is 36.4 Å². The quantitative estimate of drug-likeness (QED) is 0.735. The summed E-state index contributed by atoms with van der Waals surface area (Å²) in [6.07, 6.45) is 0. The van der Waals surface area contributed by atoms with Crippen LogP contribution in [0.2, 0.25) is 0 Å². The van der Waals surface area contributed by atoms with Crippen molar-refractivity contribution in [3.05, 3.63) is 70.9 Å². The number of para-hydroxylation sites is 1. The second-order valence-corrected chi connectivity index (χ2v) is 7.20. The summed E-state index contributed by atoms with van der Waals surface area (Å²) < 4.78 is 0. The average molecular weight is 375 g/mol. The number of aromatic amines is 1. The van der Waals surface area contributed by atoms with E-state index < -0.39 is 0 Å². The van der Waals surface area contributed by atoms with E-state index in [-0.39, 0.29) is 24.4 Å². The maximum atomic E-state index is 13.2. The van der Waals surface area contributed by atoms with E-state index in [0.29, 0.717) is 18.7 Å². The Kier molecular flexibility index (Phi) is 4.67. The van der Waals surface area contributed by atoms with E-state index in [2.05, 4.69) is 11.1 Å². The number of likely N-dealkylation sites (N-methyl/N-ethyl adjacent to an activating group) is 1. The monoisotopic (exact) mass is 375 g/mol. The molecule has 1 aliphatic rings. The fraction of sp³-hybridized carbons (Fsp3) is 0.304. The Hall–Kier alpha value is -3.08. The molecule has 0 saturated heterocycles. The molecule has 5 heteroatoms. The third-order valence-electron chi connectivity index (χ3n) is 5.70. The van der Waals surface area contributed by atoms with Crippen molar-refractivity contribution in [3.8, 4) is 0 Å². The first-order valence-corrected chi connectivity index (χ1v) is 9.81. The SMILES string of the molecule is CCN(CC)C(=O)CN1C(=O)c2ccccc2[C@@H]1c1c(C)[nH]c2ccccc12. The van der Waals surface area contributed by atoms with E-state index in [4.69, 9.17) is 0 Å². The molecule has 1 N–H and O–H groups in total. The normalized spacial score (nSPS) is 15.9. The van der Waals surface area contributed by atoms with Crippen LogP contribution in [-0.2, 0) is 4.79 Å². The first-order chi connectivity index (χ1) is 13.6. The van der Waals surface area contributed by atoms with Crippen molar-refractivity contribution < 1.29 is 9.59 Å². The molecule has 4 rings (SSSR count). The molecular formula is C23H25N3O2. The van der Waals surface area contributed by atoms with Crippen LogP contribution in [0, 0.1) is 6.92 Å². The molecule has 5 nitrogen and oxygen atoms in total. The van der Waals surface area contributed by atoms with E-state index in [9.17, 15) is 9.59 Å². The Morgan fingerprint density at radius 2 is 1.75 bits per heavy atom. The lowest BCUT2D eigenvalue weighted by atomic mass is 9.95. The van der Waals surface area contributed by atoms with Crippen molar-refractivity contribution >= 4 is 22.7 Å². The topological polar surface area (TPSA) is 56.4 Å². The van der Waals surface area contributed by atoms with Crippen molar-refractivity contribution in [1.82, 2.24) is 14.8 Å². The van der Waals surface area contributed by atoms with Gasteiger partial charge in [-0.05, 0) is 38.5 Å². The van der Waals surface area contributed by atoms with Crippen LogP contribution in [0.4, 0.5) is 0 Å². The third kappa shape index (κ3) is 2.78. The summed E-state index contributed by atoms with van der Waals surface area (Å²) in [6, 6.07) is 15.6. The summed E-state index contributed by atoms with van der Waals surface area (Å²) in [7, 11) is 0. The van der Waals surface area contributed by atoms with Crippen LogP contribution < -0.4 is 0 Å². The number of aromatic nitrogens is 1. The maximum Gasteiger partial charge on any atom is 0.255 e. The maximum absolute atomic E-state index is 13.2. The minimum Gasteiger partial charge on any atom is -0.358 e. The first kappa shape index (κ1) is 18.3. The minimum absolute atomic E-state index is 0.0198. The molecule has 144 valence electrons. The second-order valence-electron chi connectivity index (χ2n) is 7.20. The molecule has 0 saturated carbocycles. The van der Waals surface area contributed by atoms with Gasteiger partial charge >= 0.3 is 0 Å². The molecule has 0 radical (unpaired) electrons. The van der Waals surface area contributed by atoms with Gasteiger partial charge in [0, 0.05) is 40.8 Å². The van der Waals surface area contributed by atoms with Gasteiger partial charge in [-0.25, -0.2) is 0 Å². The minimum atomic E-state index is -0.264. The molecule has 3 aromatic rings. The van der Waals surface area contributed by atoms with Crippen LogP contribution >= 0.6 is 0 Å². The summed E-state index contributed by atoms with van der Waals surface area (Å²) in [5.74, 6) is -0.0977. The van der Waals surface area contributed by atoms with Crippen LogP contribution in [0.25, 0.3) is 10.9 Å². The van der Waals surface area contributed by atoms with Gasteiger partial charge in [-0.3, -0.25) is 9.59 Å². The predicted molar refractivity (Wildman–Crippen MR) is 110 cm³/mol. The summed E-state index contributed by atoms with van der Waals surface area (Å²) in [6.45, 7) is 7.32. The Bertz CT molecular complexity index is 1050. The molecule has 0 bridgehead atoms. The molecule has 2 amide bonds. The van der Waals surface area contributed by atoms with Crippen LogP contribution in [-0.4, -0.2) is 46.2 Å². The number of nitrogens with one attached hydrogen (secondary N) is 1. The zero-order valence-electron chi connectivity index (χ0n) is 16.5. The summed E-state index contributed by atoms with van der Waals surface area (Å²) >= 11 is 0. The molecule has 1 aliphatic heterocycles. The van der Waals surface area contributed by atoms with Gasteiger partial charge < -0.3 is 14.8 Å². The van der Waals surface area contributed by atoms with Crippen LogP contribution in [0.3, 0.4) is 0 Å². The van der Waals surface area contributed by atoms with Crippen molar-refractivity contribution in [2.75, 3.05) is 19.6 Å². The number of nitrogens with zero attached hydrogens (tertiary/aromatic N) is 2. The number of rotatable bonds is 5. The van der Waals surface area contributed by atoms with Crippen molar-refractivity contribution in [1.29, 1.82) is 0 Å². The molecule has 2 heterocycles. The lowest BCUT2D eigenvalue weighted by Crippen LogP contribution is -2.42. The zero-order valence-corrected chi connectivity index (χ0v) is 16.5. The summed E-state index contributed by atoms with van der Waals surface area (Å²) in [5, 5.41) is 1.09. The molecule has 1 atom stereocenters. The van der Waals surface area contributed by atoms with E-state index >= 15 is 0 Å². The number of benzene rings is 2. The van der Waals surface area contributed by atoms with Crippen molar-refractivity contribution in [2.24, 2.45) is 0 Å². The van der Waals surface area contributed by atoms with E-state index in [0.717, 1.165) is 27.7 Å². The number of fused-ring (bicyclic) bond motifs is 2. The number of hydrogen-bond acceptors (Lipinski definition) is 2. The lowest BCUT2D eigenvalue weighted by molar-refractivity contribution is -0.131. The average Bonchev–Trinajstić information content (AvgIpc) is 3.17. The largest absolute Gasteiger partial charge is 0.358 e. The van der Waals surface area contributed by atoms with Crippen molar-refractivity contribution in [3.63, 3.8) is 0 Å². The second kappa shape index (κ2) is 7.15. The Balaban J connectivity index is 1.84. The molecule has 0 fully saturated rings. The van der Waals surface area contributed by atoms with Crippen molar-refractivity contribution in [2.45, 2.75) is 26.8 Å². The van der Waals surface area contributed by atoms with Gasteiger partial charge in [0.05, 0.1) is 6.04 Å². The first-order valence-electron chi connectivity index (χ1n) is 9.81. The zero-order chi connectivity index (χ0) is 19.8. The van der Waals surface area contributed by atoms with Gasteiger partial charge in [-0.2, -0.15) is 0 Å². The van der Waals surface area contributed by atoms with Gasteiger partial charge in [0.15, 0.2) is 0 Å². The highest BCUT2D eigenvalue weighted by atomic mass is 16.2. The van der Waals surface area contributed by atoms with E-state index in [1.165, 1.54) is 0 Å². The Labute approximate surface area is 165 Å². The summed E-state index contributed by atoms with van der Waals surface area (Å²) in [4.78, 5) is 33.0. The Morgan fingerprint density at radius 1 is 1.07 bits per heavy atom. The number of amides is 2.